The molecule has 0 saturated heterocycles. The first-order valence-electron chi connectivity index (χ1n) is 8.47. The van der Waals surface area contributed by atoms with Gasteiger partial charge in [0.05, 0.1) is 17.0 Å². The fourth-order valence-electron chi connectivity index (χ4n) is 2.59. The van der Waals surface area contributed by atoms with E-state index in [0.29, 0.717) is 11.6 Å². The maximum atomic E-state index is 12.4. The van der Waals surface area contributed by atoms with E-state index in [9.17, 15) is 13.2 Å². The third-order valence-electron chi connectivity index (χ3n) is 4.13. The predicted molar refractivity (Wildman–Crippen MR) is 107 cm³/mol. The number of nitrogens with zero attached hydrogens (tertiary/aromatic N) is 1. The van der Waals surface area contributed by atoms with Gasteiger partial charge in [0.15, 0.2) is 0 Å². The number of sulfonamides is 1. The second-order valence-corrected chi connectivity index (χ2v) is 8.58. The van der Waals surface area contributed by atoms with Gasteiger partial charge in [-0.3, -0.25) is 4.79 Å². The molecule has 0 fully saturated rings. The number of carbonyl (C=O) groups excluding carboxylic acids is 1. The van der Waals surface area contributed by atoms with Gasteiger partial charge in [0.2, 0.25) is 15.9 Å². The third kappa shape index (κ3) is 6.04. The number of carbonyl (C=O) groups is 1. The molecular formula is C19H24ClN3O3S. The Morgan fingerprint density at radius 1 is 1.07 bits per heavy atom. The zero-order valence-electron chi connectivity index (χ0n) is 15.5. The normalized spacial score (nSPS) is 14.0. The van der Waals surface area contributed by atoms with Gasteiger partial charge in [0.1, 0.15) is 0 Å². The monoisotopic (exact) mass is 409 g/mol. The van der Waals surface area contributed by atoms with Gasteiger partial charge in [-0.1, -0.05) is 41.9 Å². The van der Waals surface area contributed by atoms with Gasteiger partial charge >= 0.3 is 0 Å². The van der Waals surface area contributed by atoms with E-state index in [1.54, 1.807) is 0 Å². The Labute approximate surface area is 165 Å². The summed E-state index contributed by atoms with van der Waals surface area (Å²) in [6.07, 6.45) is 0. The number of amides is 1. The lowest BCUT2D eigenvalue weighted by Crippen LogP contribution is -2.46. The minimum absolute atomic E-state index is 0.0183. The predicted octanol–water partition coefficient (Wildman–Crippen LogP) is 2.43. The molecule has 2 unspecified atom stereocenters. The second-order valence-electron chi connectivity index (χ2n) is 6.43. The zero-order chi connectivity index (χ0) is 20.0. The van der Waals surface area contributed by atoms with Crippen LogP contribution in [-0.2, 0) is 14.8 Å². The van der Waals surface area contributed by atoms with Crippen LogP contribution in [0.3, 0.4) is 0 Å². The summed E-state index contributed by atoms with van der Waals surface area (Å²) in [5.74, 6) is -0.393. The number of halogens is 1. The number of rotatable bonds is 8. The lowest BCUT2D eigenvalue weighted by Gasteiger charge is -2.26. The quantitative estimate of drug-likeness (QED) is 0.701. The highest BCUT2D eigenvalue weighted by molar-refractivity contribution is 7.89. The SMILES string of the molecule is CC(NS(=O)(=O)c1ccc(Cl)cc1)C(=O)NCC(c1ccccc1)N(C)C. The highest BCUT2D eigenvalue weighted by atomic mass is 35.5. The van der Waals surface area contributed by atoms with Crippen molar-refractivity contribution in [2.75, 3.05) is 20.6 Å². The highest BCUT2D eigenvalue weighted by Gasteiger charge is 2.23. The molecule has 8 heteroatoms. The summed E-state index contributed by atoms with van der Waals surface area (Å²) >= 11 is 5.78. The van der Waals surface area contributed by atoms with Crippen LogP contribution in [-0.4, -0.2) is 45.9 Å². The van der Waals surface area contributed by atoms with Gasteiger partial charge in [-0.15, -0.1) is 0 Å². The van der Waals surface area contributed by atoms with Crippen molar-refractivity contribution in [3.63, 3.8) is 0 Å². The molecule has 6 nitrogen and oxygen atoms in total. The molecule has 1 amide bonds. The highest BCUT2D eigenvalue weighted by Crippen LogP contribution is 2.17. The summed E-state index contributed by atoms with van der Waals surface area (Å²) in [4.78, 5) is 14.4. The molecule has 2 atom stereocenters. The number of nitrogens with one attached hydrogen (secondary N) is 2. The Hall–Kier alpha value is -1.93. The zero-order valence-corrected chi connectivity index (χ0v) is 17.1. The van der Waals surface area contributed by atoms with E-state index in [1.165, 1.54) is 31.2 Å². The third-order valence-corrected chi connectivity index (χ3v) is 5.94. The van der Waals surface area contributed by atoms with E-state index in [4.69, 9.17) is 11.6 Å². The van der Waals surface area contributed by atoms with Crippen LogP contribution in [0.15, 0.2) is 59.5 Å². The minimum atomic E-state index is -3.81. The average Bonchev–Trinajstić information content (AvgIpc) is 2.62. The maximum absolute atomic E-state index is 12.4. The Balaban J connectivity index is 1.99. The molecule has 0 aliphatic heterocycles. The van der Waals surface area contributed by atoms with E-state index >= 15 is 0 Å². The van der Waals surface area contributed by atoms with Crippen molar-refractivity contribution in [2.45, 2.75) is 23.9 Å². The molecule has 0 bridgehead atoms. The van der Waals surface area contributed by atoms with Gasteiger partial charge in [0, 0.05) is 11.6 Å². The van der Waals surface area contributed by atoms with Crippen molar-refractivity contribution in [3.8, 4) is 0 Å². The molecule has 2 rings (SSSR count). The van der Waals surface area contributed by atoms with E-state index in [1.807, 2.05) is 49.3 Å². The fraction of sp³-hybridized carbons (Fsp3) is 0.316. The first-order chi connectivity index (χ1) is 12.7. The molecule has 27 heavy (non-hydrogen) atoms. The molecular weight excluding hydrogens is 386 g/mol. The molecule has 2 aromatic rings. The number of benzene rings is 2. The van der Waals surface area contributed by atoms with Crippen molar-refractivity contribution < 1.29 is 13.2 Å². The van der Waals surface area contributed by atoms with Crippen LogP contribution in [0.2, 0.25) is 5.02 Å². The van der Waals surface area contributed by atoms with E-state index in [0.717, 1.165) is 5.56 Å². The standard InChI is InChI=1S/C19H24ClN3O3S/c1-14(22-27(25,26)17-11-9-16(20)10-12-17)19(24)21-13-18(23(2)3)15-7-5-4-6-8-15/h4-12,14,18,22H,13H2,1-3H3,(H,21,24). The van der Waals surface area contributed by atoms with Gasteiger partial charge < -0.3 is 10.2 Å². The van der Waals surface area contributed by atoms with Crippen LogP contribution in [0, 0.1) is 0 Å². The summed E-state index contributed by atoms with van der Waals surface area (Å²) in [7, 11) is 0.0459. The molecule has 0 heterocycles. The molecule has 0 radical (unpaired) electrons. The van der Waals surface area contributed by atoms with Crippen molar-refractivity contribution in [1.29, 1.82) is 0 Å². The van der Waals surface area contributed by atoms with E-state index < -0.39 is 22.0 Å². The summed E-state index contributed by atoms with van der Waals surface area (Å²) in [6.45, 7) is 1.87. The Kier molecular flexibility index (Phi) is 7.38. The first kappa shape index (κ1) is 21.4. The smallest absolute Gasteiger partial charge is 0.241 e. The first-order valence-corrected chi connectivity index (χ1v) is 10.3. The molecule has 146 valence electrons. The van der Waals surface area contributed by atoms with Crippen LogP contribution in [0.4, 0.5) is 0 Å². The van der Waals surface area contributed by atoms with Gasteiger partial charge in [-0.25, -0.2) is 8.42 Å². The second kappa shape index (κ2) is 9.32. The van der Waals surface area contributed by atoms with Gasteiger partial charge in [-0.2, -0.15) is 4.72 Å². The van der Waals surface area contributed by atoms with Crippen molar-refractivity contribution in [1.82, 2.24) is 14.9 Å². The summed E-state index contributed by atoms with van der Waals surface area (Å²) in [5.41, 5.74) is 1.07. The molecule has 0 aliphatic rings. The Morgan fingerprint density at radius 3 is 2.22 bits per heavy atom. The largest absolute Gasteiger partial charge is 0.353 e. The number of hydrogen-bond donors (Lipinski definition) is 2. The molecule has 0 spiro atoms. The fourth-order valence-corrected chi connectivity index (χ4v) is 3.92. The van der Waals surface area contributed by atoms with Crippen LogP contribution in [0.25, 0.3) is 0 Å². The minimum Gasteiger partial charge on any atom is -0.353 e. The van der Waals surface area contributed by atoms with Crippen molar-refractivity contribution in [3.05, 3.63) is 65.2 Å². The molecule has 2 aromatic carbocycles. The molecule has 2 N–H and O–H groups in total. The summed E-state index contributed by atoms with van der Waals surface area (Å²) in [5, 5.41) is 3.26. The lowest BCUT2D eigenvalue weighted by molar-refractivity contribution is -0.122. The average molecular weight is 410 g/mol. The maximum Gasteiger partial charge on any atom is 0.241 e. The van der Waals surface area contributed by atoms with E-state index in [2.05, 4.69) is 10.0 Å². The van der Waals surface area contributed by atoms with Crippen LogP contribution in [0.5, 0.6) is 0 Å². The van der Waals surface area contributed by atoms with Gasteiger partial charge in [0.25, 0.3) is 0 Å². The van der Waals surface area contributed by atoms with E-state index in [-0.39, 0.29) is 10.9 Å². The molecule has 0 aromatic heterocycles. The summed E-state index contributed by atoms with van der Waals surface area (Å²) in [6, 6.07) is 14.6. The Bertz CT molecular complexity index is 856. The molecule has 0 aliphatic carbocycles. The van der Waals surface area contributed by atoms with Crippen molar-refractivity contribution >= 4 is 27.5 Å². The van der Waals surface area contributed by atoms with Crippen molar-refractivity contribution in [2.24, 2.45) is 0 Å². The summed E-state index contributed by atoms with van der Waals surface area (Å²) < 4.78 is 27.2. The number of hydrogen-bond acceptors (Lipinski definition) is 4. The van der Waals surface area contributed by atoms with Crippen LogP contribution >= 0.6 is 11.6 Å². The number of likely N-dealkylation sites (N-methyl/N-ethyl adjacent to an activating group) is 1. The van der Waals surface area contributed by atoms with Gasteiger partial charge in [-0.05, 0) is 50.8 Å². The van der Waals surface area contributed by atoms with Crippen LogP contribution in [0.1, 0.15) is 18.5 Å². The molecule has 0 saturated carbocycles. The lowest BCUT2D eigenvalue weighted by atomic mass is 10.1. The van der Waals surface area contributed by atoms with Crippen LogP contribution < -0.4 is 10.0 Å². The Morgan fingerprint density at radius 2 is 1.67 bits per heavy atom. The topological polar surface area (TPSA) is 78.5 Å².